The maximum Gasteiger partial charge on any atom is 0.123 e. The van der Waals surface area contributed by atoms with Crippen molar-refractivity contribution in [3.05, 3.63) is 61.6 Å². The number of hydrogen-bond donors (Lipinski definition) is 0. The maximum absolute atomic E-state index is 5.41. The molecule has 0 heterocycles. The summed E-state index contributed by atoms with van der Waals surface area (Å²) in [5.41, 5.74) is 2.33. The lowest BCUT2D eigenvalue weighted by molar-refractivity contribution is 0.410. The second kappa shape index (κ2) is 6.39. The summed E-state index contributed by atoms with van der Waals surface area (Å²) in [6.07, 6.45) is 0. The summed E-state index contributed by atoms with van der Waals surface area (Å²) in [6.45, 7) is 0. The number of ether oxygens (including phenoxy) is 1. The molecule has 0 saturated heterocycles. The number of benzene rings is 2. The van der Waals surface area contributed by atoms with Crippen molar-refractivity contribution in [3.8, 4) is 5.75 Å². The summed E-state index contributed by atoms with van der Waals surface area (Å²) >= 11 is 9.55. The molecule has 1 unspecified atom stereocenters. The van der Waals surface area contributed by atoms with E-state index in [1.54, 1.807) is 7.11 Å². The van der Waals surface area contributed by atoms with E-state index in [9.17, 15) is 0 Å². The van der Waals surface area contributed by atoms with Gasteiger partial charge in [-0.2, -0.15) is 0 Å². The van der Waals surface area contributed by atoms with Gasteiger partial charge < -0.3 is 4.74 Å². The molecule has 0 saturated carbocycles. The van der Waals surface area contributed by atoms with Crippen molar-refractivity contribution < 1.29 is 4.74 Å². The minimum Gasteiger partial charge on any atom is -0.496 e. The summed E-state index contributed by atoms with van der Waals surface area (Å²) in [5, 5.41) is 0. The van der Waals surface area contributed by atoms with Crippen LogP contribution in [0.5, 0.6) is 5.75 Å². The normalized spacial score (nSPS) is 12.2. The van der Waals surface area contributed by atoms with Gasteiger partial charge in [0, 0.05) is 13.6 Å². The third-order valence-corrected chi connectivity index (χ3v) is 4.86. The minimum atomic E-state index is 0.127. The monoisotopic (exact) mass is 480 g/mol. The molecular formula is C14H11Br2IO. The molecule has 18 heavy (non-hydrogen) atoms. The molecule has 0 amide bonds. The predicted molar refractivity (Wildman–Crippen MR) is 90.6 cm³/mol. The molecule has 0 aliphatic rings. The van der Waals surface area contributed by atoms with E-state index in [-0.39, 0.29) is 4.83 Å². The first kappa shape index (κ1) is 14.3. The summed E-state index contributed by atoms with van der Waals surface area (Å²) in [7, 11) is 1.69. The Bertz CT molecular complexity index is 540. The SMILES string of the molecule is COc1ccc(Br)cc1C(Br)c1ccc(I)cc1. The quantitative estimate of drug-likeness (QED) is 0.413. The fourth-order valence-corrected chi connectivity index (χ4v) is 3.12. The Morgan fingerprint density at radius 2 is 1.78 bits per heavy atom. The summed E-state index contributed by atoms with van der Waals surface area (Å²) in [5.74, 6) is 0.888. The first-order chi connectivity index (χ1) is 8.61. The van der Waals surface area contributed by atoms with Crippen LogP contribution < -0.4 is 4.74 Å². The topological polar surface area (TPSA) is 9.23 Å². The van der Waals surface area contributed by atoms with E-state index in [0.29, 0.717) is 0 Å². The lowest BCUT2D eigenvalue weighted by Gasteiger charge is -2.15. The molecule has 0 aliphatic heterocycles. The summed E-state index contributed by atoms with van der Waals surface area (Å²) in [6, 6.07) is 14.5. The van der Waals surface area contributed by atoms with Crippen molar-refractivity contribution in [2.24, 2.45) is 0 Å². The molecule has 2 aromatic carbocycles. The van der Waals surface area contributed by atoms with Gasteiger partial charge in [0.2, 0.25) is 0 Å². The summed E-state index contributed by atoms with van der Waals surface area (Å²) < 4.78 is 7.70. The number of alkyl halides is 1. The molecule has 0 spiro atoms. The van der Waals surface area contributed by atoms with E-state index in [4.69, 9.17) is 4.74 Å². The lowest BCUT2D eigenvalue weighted by atomic mass is 10.0. The molecule has 1 atom stereocenters. The van der Waals surface area contributed by atoms with Crippen molar-refractivity contribution in [2.45, 2.75) is 4.83 Å². The van der Waals surface area contributed by atoms with Crippen LogP contribution in [0.2, 0.25) is 0 Å². The molecule has 2 aromatic rings. The van der Waals surface area contributed by atoms with Crippen molar-refractivity contribution >= 4 is 54.5 Å². The summed E-state index contributed by atoms with van der Waals surface area (Å²) in [4.78, 5) is 0.127. The van der Waals surface area contributed by atoms with E-state index < -0.39 is 0 Å². The van der Waals surface area contributed by atoms with Gasteiger partial charge in [-0.25, -0.2) is 0 Å². The Morgan fingerprint density at radius 3 is 2.39 bits per heavy atom. The Kier molecular flexibility index (Phi) is 5.09. The van der Waals surface area contributed by atoms with Gasteiger partial charge in [-0.15, -0.1) is 0 Å². The van der Waals surface area contributed by atoms with Crippen molar-refractivity contribution in [1.29, 1.82) is 0 Å². The van der Waals surface area contributed by atoms with E-state index in [1.165, 1.54) is 9.13 Å². The average Bonchev–Trinajstić information content (AvgIpc) is 2.39. The second-order valence-corrected chi connectivity index (χ2v) is 6.88. The molecule has 0 bridgehead atoms. The molecule has 2 rings (SSSR count). The van der Waals surface area contributed by atoms with Crippen LogP contribution >= 0.6 is 54.5 Å². The standard InChI is InChI=1S/C14H11Br2IO/c1-18-13-7-4-10(15)8-12(13)14(16)9-2-5-11(17)6-3-9/h2-8,14H,1H3. The highest BCUT2D eigenvalue weighted by Gasteiger charge is 2.15. The van der Waals surface area contributed by atoms with Gasteiger partial charge in [0.15, 0.2) is 0 Å². The second-order valence-electron chi connectivity index (χ2n) is 3.80. The van der Waals surface area contributed by atoms with Crippen LogP contribution in [0.25, 0.3) is 0 Å². The zero-order valence-electron chi connectivity index (χ0n) is 9.66. The number of hydrogen-bond acceptors (Lipinski definition) is 1. The van der Waals surface area contributed by atoms with E-state index in [1.807, 2.05) is 12.1 Å². The van der Waals surface area contributed by atoms with Crippen molar-refractivity contribution in [1.82, 2.24) is 0 Å². The zero-order valence-corrected chi connectivity index (χ0v) is 15.0. The van der Waals surface area contributed by atoms with Gasteiger partial charge in [0.25, 0.3) is 0 Å². The van der Waals surface area contributed by atoms with Crippen LogP contribution in [0.3, 0.4) is 0 Å². The van der Waals surface area contributed by atoms with E-state index >= 15 is 0 Å². The average molecular weight is 482 g/mol. The highest BCUT2D eigenvalue weighted by atomic mass is 127. The molecular weight excluding hydrogens is 471 g/mol. The Labute approximate surface area is 137 Å². The fourth-order valence-electron chi connectivity index (χ4n) is 1.71. The maximum atomic E-state index is 5.41. The molecule has 0 N–H and O–H groups in total. The van der Waals surface area contributed by atoms with Crippen LogP contribution in [-0.2, 0) is 0 Å². The van der Waals surface area contributed by atoms with Gasteiger partial charge >= 0.3 is 0 Å². The van der Waals surface area contributed by atoms with Crippen LogP contribution in [0, 0.1) is 3.57 Å². The van der Waals surface area contributed by atoms with Gasteiger partial charge in [-0.1, -0.05) is 44.0 Å². The number of halogens is 3. The van der Waals surface area contributed by atoms with Gasteiger partial charge in [0.05, 0.1) is 11.9 Å². The molecule has 0 aromatic heterocycles. The Balaban J connectivity index is 2.41. The van der Waals surface area contributed by atoms with Gasteiger partial charge in [0.1, 0.15) is 5.75 Å². The third-order valence-electron chi connectivity index (χ3n) is 2.63. The first-order valence-corrected chi connectivity index (χ1v) is 8.13. The molecule has 0 aliphatic carbocycles. The smallest absolute Gasteiger partial charge is 0.123 e. The fraction of sp³-hybridized carbons (Fsp3) is 0.143. The molecule has 0 radical (unpaired) electrons. The molecule has 1 nitrogen and oxygen atoms in total. The molecule has 0 fully saturated rings. The van der Waals surface area contributed by atoms with Crippen molar-refractivity contribution in [2.75, 3.05) is 7.11 Å². The zero-order chi connectivity index (χ0) is 13.1. The molecule has 94 valence electrons. The van der Waals surface area contributed by atoms with Crippen LogP contribution in [0.1, 0.15) is 16.0 Å². The molecule has 4 heteroatoms. The number of methoxy groups -OCH3 is 1. The van der Waals surface area contributed by atoms with Gasteiger partial charge in [-0.05, 0) is 58.5 Å². The predicted octanol–water partition coefficient (Wildman–Crippen LogP) is 5.55. The first-order valence-electron chi connectivity index (χ1n) is 5.35. The van der Waals surface area contributed by atoms with E-state index in [0.717, 1.165) is 15.8 Å². The highest BCUT2D eigenvalue weighted by Crippen LogP contribution is 2.38. The highest BCUT2D eigenvalue weighted by molar-refractivity contribution is 14.1. The van der Waals surface area contributed by atoms with E-state index in [2.05, 4.69) is 84.8 Å². The third kappa shape index (κ3) is 3.27. The largest absolute Gasteiger partial charge is 0.496 e. The minimum absolute atomic E-state index is 0.127. The van der Waals surface area contributed by atoms with Gasteiger partial charge in [-0.3, -0.25) is 0 Å². The Hall–Kier alpha value is -0.0700. The lowest BCUT2D eigenvalue weighted by Crippen LogP contribution is -1.97. The number of rotatable bonds is 3. The van der Waals surface area contributed by atoms with Crippen LogP contribution in [-0.4, -0.2) is 7.11 Å². The van der Waals surface area contributed by atoms with Crippen LogP contribution in [0.15, 0.2) is 46.9 Å². The van der Waals surface area contributed by atoms with Crippen LogP contribution in [0.4, 0.5) is 0 Å². The Morgan fingerprint density at radius 1 is 1.11 bits per heavy atom. The van der Waals surface area contributed by atoms with Crippen molar-refractivity contribution in [3.63, 3.8) is 0 Å².